The Morgan fingerprint density at radius 3 is 2.41 bits per heavy atom. The molecule has 0 fully saturated rings. The minimum Gasteiger partial charge on any atom is -0.485 e. The van der Waals surface area contributed by atoms with Gasteiger partial charge in [0.2, 0.25) is 0 Å². The Labute approximate surface area is 120 Å². The summed E-state index contributed by atoms with van der Waals surface area (Å²) >= 11 is 12.5. The van der Waals surface area contributed by atoms with Gasteiger partial charge in [0.25, 0.3) is 0 Å². The smallest absolute Gasteiger partial charge is 0.148 e. The molecule has 1 heterocycles. The Hall–Kier alpha value is -0.650. The number of para-hydroxylation sites is 1. The van der Waals surface area contributed by atoms with E-state index in [1.807, 2.05) is 18.2 Å². The maximum atomic E-state index is 5.65. The molecule has 88 valence electrons. The average molecular weight is 378 g/mol. The molecule has 6 heteroatoms. The van der Waals surface area contributed by atoms with Crippen LogP contribution in [0.2, 0.25) is 5.15 Å². The number of halogens is 3. The second-order valence-electron chi connectivity index (χ2n) is 3.17. The van der Waals surface area contributed by atoms with Gasteiger partial charge < -0.3 is 4.74 Å². The van der Waals surface area contributed by atoms with Gasteiger partial charge in [-0.2, -0.15) is 0 Å². The maximum absolute atomic E-state index is 5.65. The van der Waals surface area contributed by atoms with Crippen LogP contribution in [0.3, 0.4) is 0 Å². The largest absolute Gasteiger partial charge is 0.485 e. The highest BCUT2D eigenvalue weighted by Gasteiger charge is 2.06. The summed E-state index contributed by atoms with van der Waals surface area (Å²) in [7, 11) is 0. The molecule has 0 N–H and O–H groups in total. The zero-order valence-corrected chi connectivity index (χ0v) is 12.5. The molecule has 0 saturated carbocycles. The summed E-state index contributed by atoms with van der Waals surface area (Å²) in [5, 5.41) is 0.371. The van der Waals surface area contributed by atoms with E-state index < -0.39 is 0 Å². The minimum atomic E-state index is 0.339. The molecule has 0 atom stereocenters. The van der Waals surface area contributed by atoms with E-state index in [9.17, 15) is 0 Å². The molecule has 0 spiro atoms. The van der Waals surface area contributed by atoms with Gasteiger partial charge in [-0.15, -0.1) is 0 Å². The Kier molecular flexibility index (Phi) is 4.36. The van der Waals surface area contributed by atoms with Gasteiger partial charge in [-0.05, 0) is 44.0 Å². The summed E-state index contributed by atoms with van der Waals surface area (Å²) in [5.74, 6) is 0.740. The molecule has 2 aromatic rings. The molecule has 0 amide bonds. The number of benzene rings is 1. The van der Waals surface area contributed by atoms with Crippen LogP contribution in [0.4, 0.5) is 0 Å². The Morgan fingerprint density at radius 1 is 1.12 bits per heavy atom. The molecule has 0 radical (unpaired) electrons. The number of nitrogens with zero attached hydrogens (tertiary/aromatic N) is 2. The van der Waals surface area contributed by atoms with E-state index in [2.05, 4.69) is 41.8 Å². The number of ether oxygens (including phenoxy) is 1. The molecule has 17 heavy (non-hydrogen) atoms. The summed E-state index contributed by atoms with van der Waals surface area (Å²) in [6.07, 6.45) is 3.09. The van der Waals surface area contributed by atoms with Crippen molar-refractivity contribution in [2.45, 2.75) is 6.61 Å². The molecule has 0 unspecified atom stereocenters. The van der Waals surface area contributed by atoms with Crippen molar-refractivity contribution < 1.29 is 4.74 Å². The molecule has 0 bridgehead atoms. The number of aromatic nitrogens is 2. The monoisotopic (exact) mass is 376 g/mol. The van der Waals surface area contributed by atoms with E-state index in [4.69, 9.17) is 16.3 Å². The van der Waals surface area contributed by atoms with Gasteiger partial charge in [-0.3, -0.25) is 4.98 Å². The van der Waals surface area contributed by atoms with E-state index in [1.54, 1.807) is 6.20 Å². The van der Waals surface area contributed by atoms with Gasteiger partial charge in [-0.25, -0.2) is 4.98 Å². The van der Waals surface area contributed by atoms with Crippen LogP contribution in [0.25, 0.3) is 0 Å². The lowest BCUT2D eigenvalue weighted by Gasteiger charge is -2.09. The fourth-order valence-electron chi connectivity index (χ4n) is 1.18. The first-order chi connectivity index (χ1) is 8.16. The van der Waals surface area contributed by atoms with E-state index in [1.165, 1.54) is 6.20 Å². The fraction of sp³-hybridized carbons (Fsp3) is 0.0909. The lowest BCUT2D eigenvalue weighted by molar-refractivity contribution is 0.297. The Balaban J connectivity index is 2.10. The Morgan fingerprint density at radius 2 is 1.82 bits per heavy atom. The van der Waals surface area contributed by atoms with Crippen LogP contribution < -0.4 is 4.74 Å². The highest BCUT2D eigenvalue weighted by Crippen LogP contribution is 2.33. The van der Waals surface area contributed by atoms with Crippen molar-refractivity contribution in [2.24, 2.45) is 0 Å². The van der Waals surface area contributed by atoms with Gasteiger partial charge >= 0.3 is 0 Å². The van der Waals surface area contributed by atoms with Crippen LogP contribution in [0, 0.1) is 0 Å². The zero-order chi connectivity index (χ0) is 12.3. The number of hydrogen-bond donors (Lipinski definition) is 0. The van der Waals surface area contributed by atoms with Gasteiger partial charge in [-0.1, -0.05) is 17.7 Å². The third-order valence-electron chi connectivity index (χ3n) is 1.96. The van der Waals surface area contributed by atoms with Crippen molar-refractivity contribution >= 4 is 43.5 Å². The predicted molar refractivity (Wildman–Crippen MR) is 73.2 cm³/mol. The highest BCUT2D eigenvalue weighted by atomic mass is 79.9. The molecule has 0 saturated heterocycles. The van der Waals surface area contributed by atoms with Gasteiger partial charge in [0.1, 0.15) is 17.5 Å². The van der Waals surface area contributed by atoms with Crippen LogP contribution in [0.5, 0.6) is 5.75 Å². The first kappa shape index (κ1) is 12.8. The molecule has 3 nitrogen and oxygen atoms in total. The lowest BCUT2D eigenvalue weighted by Crippen LogP contribution is -1.99. The third-order valence-corrected chi connectivity index (χ3v) is 3.40. The summed E-state index contributed by atoms with van der Waals surface area (Å²) in [6.45, 7) is 0.339. The van der Waals surface area contributed by atoms with Crippen molar-refractivity contribution in [1.29, 1.82) is 0 Å². The molecule has 1 aromatic heterocycles. The second kappa shape index (κ2) is 5.80. The maximum Gasteiger partial charge on any atom is 0.148 e. The molecule has 1 aromatic carbocycles. The summed E-state index contributed by atoms with van der Waals surface area (Å²) in [6, 6.07) is 5.74. The normalized spacial score (nSPS) is 10.3. The van der Waals surface area contributed by atoms with Crippen LogP contribution >= 0.6 is 43.5 Å². The van der Waals surface area contributed by atoms with Crippen molar-refractivity contribution in [3.8, 4) is 5.75 Å². The van der Waals surface area contributed by atoms with Crippen molar-refractivity contribution in [2.75, 3.05) is 0 Å². The van der Waals surface area contributed by atoms with Crippen LogP contribution in [0.1, 0.15) is 5.69 Å². The third kappa shape index (κ3) is 3.40. The van der Waals surface area contributed by atoms with Gasteiger partial charge in [0.05, 0.1) is 27.0 Å². The fourth-order valence-corrected chi connectivity index (χ4v) is 2.51. The molecular weight excluding hydrogens is 371 g/mol. The highest BCUT2D eigenvalue weighted by molar-refractivity contribution is 9.11. The van der Waals surface area contributed by atoms with E-state index in [-0.39, 0.29) is 0 Å². The Bertz CT molecular complexity index is 499. The van der Waals surface area contributed by atoms with Gasteiger partial charge in [0, 0.05) is 0 Å². The summed E-state index contributed by atoms with van der Waals surface area (Å²) < 4.78 is 7.42. The quantitative estimate of drug-likeness (QED) is 0.802. The van der Waals surface area contributed by atoms with Crippen molar-refractivity contribution in [1.82, 2.24) is 9.97 Å². The minimum absolute atomic E-state index is 0.339. The SMILES string of the molecule is Clc1cnc(COc2c(Br)cccc2Br)cn1. The van der Waals surface area contributed by atoms with Crippen molar-refractivity contribution in [3.05, 3.63) is 50.4 Å². The lowest BCUT2D eigenvalue weighted by atomic mass is 10.3. The second-order valence-corrected chi connectivity index (χ2v) is 5.27. The first-order valence-electron chi connectivity index (χ1n) is 4.70. The summed E-state index contributed by atoms with van der Waals surface area (Å²) in [4.78, 5) is 8.04. The number of hydrogen-bond acceptors (Lipinski definition) is 3. The average Bonchev–Trinajstić information content (AvgIpc) is 2.31. The molecule has 0 aliphatic rings. The van der Waals surface area contributed by atoms with E-state index >= 15 is 0 Å². The molecule has 0 aliphatic heterocycles. The van der Waals surface area contributed by atoms with Crippen molar-refractivity contribution in [3.63, 3.8) is 0 Å². The molecule has 0 aliphatic carbocycles. The summed E-state index contributed by atoms with van der Waals surface area (Å²) in [5.41, 5.74) is 0.719. The van der Waals surface area contributed by atoms with Crippen LogP contribution in [0.15, 0.2) is 39.5 Å². The topological polar surface area (TPSA) is 35.0 Å². The standard InChI is InChI=1S/C11H7Br2ClN2O/c12-8-2-1-3-9(13)11(8)17-6-7-4-16-10(14)5-15-7/h1-5H,6H2. The van der Waals surface area contributed by atoms with Crippen LogP contribution in [-0.2, 0) is 6.61 Å². The zero-order valence-electron chi connectivity index (χ0n) is 8.53. The number of rotatable bonds is 3. The first-order valence-corrected chi connectivity index (χ1v) is 6.66. The van der Waals surface area contributed by atoms with E-state index in [0.29, 0.717) is 11.8 Å². The van der Waals surface area contributed by atoms with Crippen LogP contribution in [-0.4, -0.2) is 9.97 Å². The van der Waals surface area contributed by atoms with Gasteiger partial charge in [0.15, 0.2) is 0 Å². The predicted octanol–water partition coefficient (Wildman–Crippen LogP) is 4.23. The van der Waals surface area contributed by atoms with E-state index in [0.717, 1.165) is 20.4 Å². The molecule has 2 rings (SSSR count). The molecular formula is C11H7Br2ClN2O.